The molecule has 2 aromatic rings. The summed E-state index contributed by atoms with van der Waals surface area (Å²) >= 11 is 0. The summed E-state index contributed by atoms with van der Waals surface area (Å²) in [5, 5.41) is 5.06. The lowest BCUT2D eigenvalue weighted by atomic mass is 9.89. The highest BCUT2D eigenvalue weighted by atomic mass is 14.9. The van der Waals surface area contributed by atoms with Crippen LogP contribution in [-0.4, -0.2) is 11.0 Å². The zero-order valence-corrected chi connectivity index (χ0v) is 14.4. The van der Waals surface area contributed by atoms with Gasteiger partial charge in [-0.15, -0.1) is 0 Å². The Morgan fingerprint density at radius 3 is 2.64 bits per heavy atom. The van der Waals surface area contributed by atoms with E-state index in [4.69, 9.17) is 4.98 Å². The Labute approximate surface area is 134 Å². The van der Waals surface area contributed by atoms with Crippen molar-refractivity contribution in [2.45, 2.75) is 72.4 Å². The van der Waals surface area contributed by atoms with Gasteiger partial charge in [0.25, 0.3) is 0 Å². The number of rotatable bonds is 4. The lowest BCUT2D eigenvalue weighted by molar-refractivity contribution is 0.531. The Bertz CT molecular complexity index is 688. The predicted molar refractivity (Wildman–Crippen MR) is 94.5 cm³/mol. The zero-order valence-electron chi connectivity index (χ0n) is 14.4. The maximum Gasteiger partial charge on any atom is 0.0711 e. The Kier molecular flexibility index (Phi) is 4.49. The number of nitrogens with zero attached hydrogens (tertiary/aromatic N) is 1. The van der Waals surface area contributed by atoms with Gasteiger partial charge in [0.15, 0.2) is 0 Å². The first kappa shape index (κ1) is 15.5. The number of aryl methyl sites for hydroxylation is 3. The van der Waals surface area contributed by atoms with Gasteiger partial charge in [-0.25, -0.2) is 0 Å². The fourth-order valence-corrected chi connectivity index (χ4v) is 3.40. The molecule has 22 heavy (non-hydrogen) atoms. The van der Waals surface area contributed by atoms with Crippen LogP contribution in [0.2, 0.25) is 0 Å². The number of hydrogen-bond donors (Lipinski definition) is 1. The Balaban J connectivity index is 2.13. The molecule has 0 aliphatic heterocycles. The van der Waals surface area contributed by atoms with Crippen LogP contribution < -0.4 is 5.32 Å². The number of benzene rings is 1. The summed E-state index contributed by atoms with van der Waals surface area (Å²) in [6.45, 7) is 9.88. The topological polar surface area (TPSA) is 24.9 Å². The minimum atomic E-state index is 0.564. The van der Waals surface area contributed by atoms with Gasteiger partial charge < -0.3 is 5.32 Å². The number of aromatic nitrogens is 1. The molecular formula is C20H28N2. The van der Waals surface area contributed by atoms with E-state index >= 15 is 0 Å². The van der Waals surface area contributed by atoms with Gasteiger partial charge in [0.1, 0.15) is 0 Å². The second kappa shape index (κ2) is 6.37. The first-order chi connectivity index (χ1) is 10.6. The van der Waals surface area contributed by atoms with Crippen molar-refractivity contribution in [3.05, 3.63) is 40.1 Å². The van der Waals surface area contributed by atoms with Crippen molar-refractivity contribution in [1.29, 1.82) is 0 Å². The number of hydrogen-bond acceptors (Lipinski definition) is 2. The molecule has 118 valence electrons. The summed E-state index contributed by atoms with van der Waals surface area (Å²) in [6.07, 6.45) is 6.11. The summed E-state index contributed by atoms with van der Waals surface area (Å²) in [4.78, 5) is 5.00. The molecule has 0 radical (unpaired) electrons. The van der Waals surface area contributed by atoms with Crippen LogP contribution in [0.25, 0.3) is 10.9 Å². The molecule has 2 nitrogen and oxygen atoms in total. The first-order valence-corrected chi connectivity index (χ1v) is 8.75. The van der Waals surface area contributed by atoms with Crippen molar-refractivity contribution >= 4 is 10.9 Å². The van der Waals surface area contributed by atoms with E-state index in [0.29, 0.717) is 6.04 Å². The van der Waals surface area contributed by atoms with E-state index in [1.807, 2.05) is 0 Å². The molecule has 0 amide bonds. The normalized spacial score (nSPS) is 15.8. The van der Waals surface area contributed by atoms with Crippen LogP contribution >= 0.6 is 0 Å². The summed E-state index contributed by atoms with van der Waals surface area (Å²) in [5.74, 6) is 0. The quantitative estimate of drug-likeness (QED) is 0.890. The molecule has 0 fully saturated rings. The van der Waals surface area contributed by atoms with Gasteiger partial charge in [0.05, 0.1) is 5.52 Å². The maximum atomic E-state index is 5.00. The lowest BCUT2D eigenvalue weighted by Crippen LogP contribution is -2.26. The Morgan fingerprint density at radius 2 is 1.86 bits per heavy atom. The van der Waals surface area contributed by atoms with Gasteiger partial charge in [-0.1, -0.05) is 6.92 Å². The molecule has 2 heteroatoms. The summed E-state index contributed by atoms with van der Waals surface area (Å²) in [5.41, 5.74) is 8.28. The van der Waals surface area contributed by atoms with Gasteiger partial charge >= 0.3 is 0 Å². The minimum absolute atomic E-state index is 0.564. The minimum Gasteiger partial charge on any atom is -0.310 e. The largest absolute Gasteiger partial charge is 0.310 e. The van der Waals surface area contributed by atoms with Crippen LogP contribution in [0.1, 0.15) is 61.1 Å². The monoisotopic (exact) mass is 296 g/mol. The van der Waals surface area contributed by atoms with Crippen molar-refractivity contribution in [1.82, 2.24) is 10.3 Å². The Morgan fingerprint density at radius 1 is 1.14 bits per heavy atom. The average Bonchev–Trinajstić information content (AvgIpc) is 2.52. The van der Waals surface area contributed by atoms with Crippen molar-refractivity contribution in [3.63, 3.8) is 0 Å². The molecule has 1 heterocycles. The first-order valence-electron chi connectivity index (χ1n) is 8.75. The van der Waals surface area contributed by atoms with Crippen LogP contribution in [0.5, 0.6) is 0 Å². The summed E-state index contributed by atoms with van der Waals surface area (Å²) < 4.78 is 0. The van der Waals surface area contributed by atoms with Crippen molar-refractivity contribution < 1.29 is 0 Å². The second-order valence-corrected chi connectivity index (χ2v) is 6.87. The average molecular weight is 296 g/mol. The van der Waals surface area contributed by atoms with Crippen LogP contribution in [-0.2, 0) is 19.4 Å². The third-order valence-corrected chi connectivity index (χ3v) is 5.24. The number of nitrogens with one attached hydrogen (secondary N) is 1. The van der Waals surface area contributed by atoms with E-state index in [-0.39, 0.29) is 0 Å². The third kappa shape index (κ3) is 2.89. The molecule has 0 saturated carbocycles. The van der Waals surface area contributed by atoms with Crippen molar-refractivity contribution in [2.75, 3.05) is 0 Å². The SMILES string of the molecule is CCC(C)NCc1c2c(nc3cc(C)c(C)cc13)CCCC2. The molecule has 1 aromatic heterocycles. The molecule has 1 aromatic carbocycles. The summed E-state index contributed by atoms with van der Waals surface area (Å²) in [6, 6.07) is 5.18. The van der Waals surface area contributed by atoms with Crippen LogP contribution in [0.4, 0.5) is 0 Å². The molecule has 1 aliphatic carbocycles. The van der Waals surface area contributed by atoms with E-state index in [9.17, 15) is 0 Å². The van der Waals surface area contributed by atoms with Gasteiger partial charge in [-0.3, -0.25) is 4.98 Å². The Hall–Kier alpha value is -1.41. The van der Waals surface area contributed by atoms with E-state index in [2.05, 4.69) is 45.1 Å². The van der Waals surface area contributed by atoms with Gasteiger partial charge in [-0.05, 0) is 87.3 Å². The van der Waals surface area contributed by atoms with E-state index in [1.54, 1.807) is 0 Å². The molecule has 1 unspecified atom stereocenters. The molecule has 0 saturated heterocycles. The number of fused-ring (bicyclic) bond motifs is 2. The molecule has 1 aliphatic rings. The van der Waals surface area contributed by atoms with Gasteiger partial charge in [0, 0.05) is 23.7 Å². The lowest BCUT2D eigenvalue weighted by Gasteiger charge is -2.23. The zero-order chi connectivity index (χ0) is 15.7. The second-order valence-electron chi connectivity index (χ2n) is 6.87. The van der Waals surface area contributed by atoms with Crippen LogP contribution in [0, 0.1) is 13.8 Å². The number of pyridine rings is 1. The standard InChI is InChI=1S/C20H28N2/c1-5-15(4)21-12-18-16-8-6-7-9-19(16)22-20-11-14(3)13(2)10-17(18)20/h10-11,15,21H,5-9,12H2,1-4H3. The molecule has 1 atom stereocenters. The van der Waals surface area contributed by atoms with E-state index in [1.165, 1.54) is 64.5 Å². The highest BCUT2D eigenvalue weighted by Gasteiger charge is 2.18. The van der Waals surface area contributed by atoms with E-state index in [0.717, 1.165) is 13.0 Å². The smallest absolute Gasteiger partial charge is 0.0711 e. The maximum absolute atomic E-state index is 5.00. The van der Waals surface area contributed by atoms with E-state index < -0.39 is 0 Å². The molecular weight excluding hydrogens is 268 g/mol. The van der Waals surface area contributed by atoms with Crippen molar-refractivity contribution in [2.24, 2.45) is 0 Å². The highest BCUT2D eigenvalue weighted by Crippen LogP contribution is 2.30. The molecule has 3 rings (SSSR count). The molecule has 0 spiro atoms. The fraction of sp³-hybridized carbons (Fsp3) is 0.550. The van der Waals surface area contributed by atoms with Gasteiger partial charge in [0.2, 0.25) is 0 Å². The van der Waals surface area contributed by atoms with Gasteiger partial charge in [-0.2, -0.15) is 0 Å². The van der Waals surface area contributed by atoms with Crippen LogP contribution in [0.15, 0.2) is 12.1 Å². The third-order valence-electron chi connectivity index (χ3n) is 5.24. The summed E-state index contributed by atoms with van der Waals surface area (Å²) in [7, 11) is 0. The fourth-order valence-electron chi connectivity index (χ4n) is 3.40. The predicted octanol–water partition coefficient (Wildman–Crippen LogP) is 4.62. The molecule has 1 N–H and O–H groups in total. The van der Waals surface area contributed by atoms with Crippen molar-refractivity contribution in [3.8, 4) is 0 Å². The van der Waals surface area contributed by atoms with Crippen LogP contribution in [0.3, 0.4) is 0 Å². The highest BCUT2D eigenvalue weighted by molar-refractivity contribution is 5.85. The molecule has 0 bridgehead atoms.